The van der Waals surface area contributed by atoms with Gasteiger partial charge in [0.05, 0.1) is 12.7 Å². The molecule has 0 radical (unpaired) electrons. The van der Waals surface area contributed by atoms with E-state index >= 15 is 0 Å². The van der Waals surface area contributed by atoms with E-state index in [1.54, 1.807) is 0 Å². The smallest absolute Gasteiger partial charge is 0.0952 e. The first-order valence-electron chi connectivity index (χ1n) is 7.10. The molecule has 1 aromatic rings. The second kappa shape index (κ2) is 6.16. The zero-order valence-corrected chi connectivity index (χ0v) is 12.0. The zero-order chi connectivity index (χ0) is 13.1. The fraction of sp³-hybridized carbons (Fsp3) is 0.600. The lowest BCUT2D eigenvalue weighted by Crippen LogP contribution is -2.39. The summed E-state index contributed by atoms with van der Waals surface area (Å²) in [6.07, 6.45) is 3.26. The van der Waals surface area contributed by atoms with Gasteiger partial charge in [-0.05, 0) is 30.4 Å². The summed E-state index contributed by atoms with van der Waals surface area (Å²) in [5.74, 6) is 1.69. The summed E-state index contributed by atoms with van der Waals surface area (Å²) >= 11 is 0. The van der Waals surface area contributed by atoms with Crippen LogP contribution in [0.5, 0.6) is 0 Å². The predicted molar refractivity (Wildman–Crippen MR) is 77.7 cm³/mol. The number of hydrogen-bond donors (Lipinski definition) is 1. The number of ether oxygens (including phenoxy) is 1. The molecular formula is C15H21NO2S. The molecule has 104 valence electrons. The average molecular weight is 279 g/mol. The maximum absolute atomic E-state index is 11.3. The van der Waals surface area contributed by atoms with Gasteiger partial charge >= 0.3 is 0 Å². The molecule has 2 aliphatic heterocycles. The quantitative estimate of drug-likeness (QED) is 0.917. The maximum atomic E-state index is 11.3. The van der Waals surface area contributed by atoms with Gasteiger partial charge in [-0.25, -0.2) is 0 Å². The van der Waals surface area contributed by atoms with Crippen LogP contribution in [0.2, 0.25) is 0 Å². The van der Waals surface area contributed by atoms with Crippen LogP contribution >= 0.6 is 0 Å². The van der Waals surface area contributed by atoms with E-state index in [9.17, 15) is 4.21 Å². The summed E-state index contributed by atoms with van der Waals surface area (Å²) in [4.78, 5) is 0. The number of hydrogen-bond acceptors (Lipinski definition) is 3. The van der Waals surface area contributed by atoms with E-state index in [2.05, 4.69) is 29.6 Å². The Kier molecular flexibility index (Phi) is 4.31. The third kappa shape index (κ3) is 3.25. The van der Waals surface area contributed by atoms with Crippen molar-refractivity contribution in [1.82, 2.24) is 5.32 Å². The van der Waals surface area contributed by atoms with E-state index in [-0.39, 0.29) is 6.10 Å². The van der Waals surface area contributed by atoms with Crippen molar-refractivity contribution in [3.8, 4) is 0 Å². The van der Waals surface area contributed by atoms with Crippen molar-refractivity contribution in [2.24, 2.45) is 0 Å². The normalized spacial score (nSPS) is 30.8. The minimum absolute atomic E-state index is 0.178. The summed E-state index contributed by atoms with van der Waals surface area (Å²) in [5.41, 5.74) is 2.76. The van der Waals surface area contributed by atoms with Gasteiger partial charge in [0.1, 0.15) is 0 Å². The van der Waals surface area contributed by atoms with Crippen molar-refractivity contribution in [2.75, 3.05) is 24.7 Å². The highest BCUT2D eigenvalue weighted by atomic mass is 32.2. The molecule has 1 atom stereocenters. The summed E-state index contributed by atoms with van der Waals surface area (Å²) in [5, 5.41) is 3.59. The third-order valence-corrected chi connectivity index (χ3v) is 5.45. The molecule has 1 aromatic carbocycles. The van der Waals surface area contributed by atoms with Gasteiger partial charge in [0.25, 0.3) is 0 Å². The molecule has 0 spiro atoms. The van der Waals surface area contributed by atoms with Crippen LogP contribution in [0.3, 0.4) is 0 Å². The van der Waals surface area contributed by atoms with E-state index in [1.807, 2.05) is 0 Å². The monoisotopic (exact) mass is 279 g/mol. The highest BCUT2D eigenvalue weighted by molar-refractivity contribution is 7.85. The summed E-state index contributed by atoms with van der Waals surface area (Å²) in [6, 6.07) is 9.08. The van der Waals surface area contributed by atoms with E-state index in [1.165, 1.54) is 11.1 Å². The SMILES string of the molecule is O=S1CCC(NCC2OCCc3ccccc32)CC1. The maximum Gasteiger partial charge on any atom is 0.0952 e. The average Bonchev–Trinajstić information content (AvgIpc) is 2.47. The van der Waals surface area contributed by atoms with Gasteiger partial charge in [-0.15, -0.1) is 0 Å². The Hall–Kier alpha value is -0.710. The van der Waals surface area contributed by atoms with Crippen molar-refractivity contribution >= 4 is 10.8 Å². The second-order valence-electron chi connectivity index (χ2n) is 5.34. The Morgan fingerprint density at radius 3 is 2.89 bits per heavy atom. The third-order valence-electron chi connectivity index (χ3n) is 4.07. The molecule has 2 aliphatic rings. The second-order valence-corrected chi connectivity index (χ2v) is 7.03. The van der Waals surface area contributed by atoms with Crippen molar-refractivity contribution in [3.63, 3.8) is 0 Å². The van der Waals surface area contributed by atoms with E-state index in [0.717, 1.165) is 43.9 Å². The van der Waals surface area contributed by atoms with Crippen LogP contribution in [0.25, 0.3) is 0 Å². The molecule has 0 saturated carbocycles. The fourth-order valence-electron chi connectivity index (χ4n) is 2.92. The van der Waals surface area contributed by atoms with Gasteiger partial charge in [-0.3, -0.25) is 4.21 Å². The first-order chi connectivity index (χ1) is 9.33. The van der Waals surface area contributed by atoms with Gasteiger partial charge in [0.2, 0.25) is 0 Å². The molecule has 3 nitrogen and oxygen atoms in total. The summed E-state index contributed by atoms with van der Waals surface area (Å²) in [7, 11) is -0.577. The van der Waals surface area contributed by atoms with Crippen LogP contribution < -0.4 is 5.32 Å². The van der Waals surface area contributed by atoms with Crippen LogP contribution in [0.1, 0.15) is 30.1 Å². The molecular weight excluding hydrogens is 258 g/mol. The molecule has 0 bridgehead atoms. The molecule has 4 heteroatoms. The van der Waals surface area contributed by atoms with Crippen LogP contribution in [-0.4, -0.2) is 34.9 Å². The van der Waals surface area contributed by atoms with Gasteiger partial charge < -0.3 is 10.1 Å². The number of rotatable bonds is 3. The lowest BCUT2D eigenvalue weighted by Gasteiger charge is -2.29. The van der Waals surface area contributed by atoms with Gasteiger partial charge in [0, 0.05) is 34.9 Å². The minimum atomic E-state index is -0.577. The standard InChI is InChI=1S/C15H21NO2S/c17-19-9-6-13(7-10-19)16-11-15-14-4-2-1-3-12(14)5-8-18-15/h1-4,13,15-16H,5-11H2. The minimum Gasteiger partial charge on any atom is -0.372 e. The predicted octanol–water partition coefficient (Wildman–Crippen LogP) is 1.80. The topological polar surface area (TPSA) is 38.3 Å². The molecule has 1 fully saturated rings. The zero-order valence-electron chi connectivity index (χ0n) is 11.1. The Morgan fingerprint density at radius 1 is 1.26 bits per heavy atom. The Labute approximate surface area is 117 Å². The molecule has 1 unspecified atom stereocenters. The highest BCUT2D eigenvalue weighted by Gasteiger charge is 2.23. The first-order valence-corrected chi connectivity index (χ1v) is 8.59. The molecule has 0 aliphatic carbocycles. The molecule has 0 amide bonds. The summed E-state index contributed by atoms with van der Waals surface area (Å²) < 4.78 is 17.2. The highest BCUT2D eigenvalue weighted by Crippen LogP contribution is 2.26. The van der Waals surface area contributed by atoms with Gasteiger partial charge in [-0.2, -0.15) is 0 Å². The Balaban J connectivity index is 1.58. The number of nitrogens with one attached hydrogen (secondary N) is 1. The largest absolute Gasteiger partial charge is 0.372 e. The number of benzene rings is 1. The van der Waals surface area contributed by atoms with Crippen molar-refractivity contribution in [1.29, 1.82) is 0 Å². The molecule has 1 N–H and O–H groups in total. The van der Waals surface area contributed by atoms with Gasteiger partial charge in [0.15, 0.2) is 0 Å². The fourth-order valence-corrected chi connectivity index (χ4v) is 4.22. The van der Waals surface area contributed by atoms with Crippen LogP contribution in [0.15, 0.2) is 24.3 Å². The lowest BCUT2D eigenvalue weighted by atomic mass is 9.97. The van der Waals surface area contributed by atoms with E-state index in [0.29, 0.717) is 6.04 Å². The molecule has 19 heavy (non-hydrogen) atoms. The molecule has 0 aromatic heterocycles. The Bertz CT molecular complexity index is 453. The molecule has 3 rings (SSSR count). The van der Waals surface area contributed by atoms with Crippen LogP contribution in [0, 0.1) is 0 Å². The van der Waals surface area contributed by atoms with Crippen LogP contribution in [-0.2, 0) is 22.0 Å². The van der Waals surface area contributed by atoms with Crippen molar-refractivity contribution in [3.05, 3.63) is 35.4 Å². The molecule has 1 saturated heterocycles. The van der Waals surface area contributed by atoms with Crippen LogP contribution in [0.4, 0.5) is 0 Å². The van der Waals surface area contributed by atoms with Crippen molar-refractivity contribution in [2.45, 2.75) is 31.4 Å². The Morgan fingerprint density at radius 2 is 2.05 bits per heavy atom. The first kappa shape index (κ1) is 13.3. The van der Waals surface area contributed by atoms with Crippen molar-refractivity contribution < 1.29 is 8.95 Å². The van der Waals surface area contributed by atoms with Gasteiger partial charge in [-0.1, -0.05) is 24.3 Å². The number of fused-ring (bicyclic) bond motifs is 1. The lowest BCUT2D eigenvalue weighted by molar-refractivity contribution is 0.0404. The molecule has 2 heterocycles. The van der Waals surface area contributed by atoms with E-state index < -0.39 is 10.8 Å². The summed E-state index contributed by atoms with van der Waals surface area (Å²) in [6.45, 7) is 1.69. The van der Waals surface area contributed by atoms with E-state index in [4.69, 9.17) is 4.74 Å².